The quantitative estimate of drug-likeness (QED) is 0.756. The lowest BCUT2D eigenvalue weighted by Gasteiger charge is -2.41. The van der Waals surface area contributed by atoms with Gasteiger partial charge in [0.15, 0.2) is 0 Å². The average molecular weight is 219 g/mol. The van der Waals surface area contributed by atoms with Crippen LogP contribution in [0.4, 0.5) is 0 Å². The zero-order valence-electron chi connectivity index (χ0n) is 10.4. The average Bonchev–Trinajstić information content (AvgIpc) is 2.30. The SMILES string of the molecule is CC(C)N1CCN(C)C(c2ccncc2)C1. The van der Waals surface area contributed by atoms with Crippen LogP contribution in [-0.4, -0.2) is 47.5 Å². The van der Waals surface area contributed by atoms with Crippen LogP contribution < -0.4 is 0 Å². The monoisotopic (exact) mass is 219 g/mol. The summed E-state index contributed by atoms with van der Waals surface area (Å²) in [6.45, 7) is 7.99. The Morgan fingerprint density at radius 1 is 1.25 bits per heavy atom. The van der Waals surface area contributed by atoms with Gasteiger partial charge in [-0.2, -0.15) is 0 Å². The molecule has 88 valence electrons. The van der Waals surface area contributed by atoms with E-state index >= 15 is 0 Å². The number of aromatic nitrogens is 1. The smallest absolute Gasteiger partial charge is 0.0473 e. The summed E-state index contributed by atoms with van der Waals surface area (Å²) in [5.41, 5.74) is 1.38. The van der Waals surface area contributed by atoms with Crippen molar-refractivity contribution in [2.24, 2.45) is 0 Å². The molecule has 0 radical (unpaired) electrons. The van der Waals surface area contributed by atoms with Crippen LogP contribution in [-0.2, 0) is 0 Å². The minimum atomic E-state index is 0.513. The van der Waals surface area contributed by atoms with Crippen molar-refractivity contribution in [1.82, 2.24) is 14.8 Å². The minimum absolute atomic E-state index is 0.513. The highest BCUT2D eigenvalue weighted by molar-refractivity contribution is 5.16. The van der Waals surface area contributed by atoms with Gasteiger partial charge in [0.05, 0.1) is 0 Å². The summed E-state index contributed by atoms with van der Waals surface area (Å²) in [7, 11) is 2.21. The summed E-state index contributed by atoms with van der Waals surface area (Å²) in [6.07, 6.45) is 3.77. The van der Waals surface area contributed by atoms with Crippen molar-refractivity contribution in [3.8, 4) is 0 Å². The number of hydrogen-bond acceptors (Lipinski definition) is 3. The first-order valence-electron chi connectivity index (χ1n) is 6.02. The van der Waals surface area contributed by atoms with Gasteiger partial charge in [-0.05, 0) is 38.6 Å². The van der Waals surface area contributed by atoms with Crippen LogP contribution in [0.5, 0.6) is 0 Å². The summed E-state index contributed by atoms with van der Waals surface area (Å²) >= 11 is 0. The van der Waals surface area contributed by atoms with Crippen LogP contribution in [0, 0.1) is 0 Å². The maximum atomic E-state index is 4.09. The summed E-state index contributed by atoms with van der Waals surface area (Å²) < 4.78 is 0. The topological polar surface area (TPSA) is 19.4 Å². The van der Waals surface area contributed by atoms with Crippen molar-refractivity contribution >= 4 is 0 Å². The molecule has 1 atom stereocenters. The second kappa shape index (κ2) is 4.93. The van der Waals surface area contributed by atoms with Gasteiger partial charge < -0.3 is 0 Å². The molecule has 0 saturated carbocycles. The molecule has 1 saturated heterocycles. The molecule has 1 aliphatic heterocycles. The number of piperazine rings is 1. The van der Waals surface area contributed by atoms with E-state index in [0.29, 0.717) is 12.1 Å². The third-order valence-electron chi connectivity index (χ3n) is 3.50. The molecule has 2 heterocycles. The molecule has 1 unspecified atom stereocenters. The molecule has 0 aromatic carbocycles. The van der Waals surface area contributed by atoms with Crippen LogP contribution >= 0.6 is 0 Å². The lowest BCUT2D eigenvalue weighted by atomic mass is 10.0. The Labute approximate surface area is 98.1 Å². The Hall–Kier alpha value is -0.930. The van der Waals surface area contributed by atoms with E-state index in [1.165, 1.54) is 12.1 Å². The molecule has 1 aromatic rings. The third kappa shape index (κ3) is 2.42. The lowest BCUT2D eigenvalue weighted by Crippen LogP contribution is -2.49. The largest absolute Gasteiger partial charge is 0.298 e. The molecular formula is C13H21N3. The fourth-order valence-corrected chi connectivity index (χ4v) is 2.31. The van der Waals surface area contributed by atoms with Crippen molar-refractivity contribution in [2.75, 3.05) is 26.7 Å². The first-order valence-corrected chi connectivity index (χ1v) is 6.02. The normalized spacial score (nSPS) is 23.9. The third-order valence-corrected chi connectivity index (χ3v) is 3.50. The zero-order chi connectivity index (χ0) is 11.5. The molecule has 1 aliphatic rings. The maximum Gasteiger partial charge on any atom is 0.0473 e. The van der Waals surface area contributed by atoms with E-state index in [1.807, 2.05) is 12.4 Å². The van der Waals surface area contributed by atoms with E-state index in [-0.39, 0.29) is 0 Å². The van der Waals surface area contributed by atoms with Gasteiger partial charge in [-0.15, -0.1) is 0 Å². The van der Waals surface area contributed by atoms with Gasteiger partial charge in [0, 0.05) is 44.1 Å². The van der Waals surface area contributed by atoms with Crippen molar-refractivity contribution in [1.29, 1.82) is 0 Å². The summed E-state index contributed by atoms with van der Waals surface area (Å²) in [4.78, 5) is 9.07. The van der Waals surface area contributed by atoms with Crippen molar-refractivity contribution in [3.05, 3.63) is 30.1 Å². The second-order valence-electron chi connectivity index (χ2n) is 4.87. The second-order valence-corrected chi connectivity index (χ2v) is 4.87. The van der Waals surface area contributed by atoms with E-state index in [1.54, 1.807) is 0 Å². The van der Waals surface area contributed by atoms with Crippen LogP contribution in [0.2, 0.25) is 0 Å². The van der Waals surface area contributed by atoms with Gasteiger partial charge in [-0.3, -0.25) is 14.8 Å². The Morgan fingerprint density at radius 2 is 1.94 bits per heavy atom. The molecule has 0 aliphatic carbocycles. The minimum Gasteiger partial charge on any atom is -0.298 e. The summed E-state index contributed by atoms with van der Waals surface area (Å²) in [5, 5.41) is 0. The number of hydrogen-bond donors (Lipinski definition) is 0. The molecule has 1 aromatic heterocycles. The fourth-order valence-electron chi connectivity index (χ4n) is 2.31. The first kappa shape index (κ1) is 11.6. The van der Waals surface area contributed by atoms with Crippen LogP contribution in [0.25, 0.3) is 0 Å². The Bertz CT molecular complexity index is 323. The van der Waals surface area contributed by atoms with Gasteiger partial charge >= 0.3 is 0 Å². The summed E-state index contributed by atoms with van der Waals surface area (Å²) in [5.74, 6) is 0. The Morgan fingerprint density at radius 3 is 2.56 bits per heavy atom. The van der Waals surface area contributed by atoms with Gasteiger partial charge in [-0.25, -0.2) is 0 Å². The predicted octanol–water partition coefficient (Wildman–Crippen LogP) is 1.78. The molecule has 1 fully saturated rings. The molecule has 0 spiro atoms. The maximum absolute atomic E-state index is 4.09. The fraction of sp³-hybridized carbons (Fsp3) is 0.615. The van der Waals surface area contributed by atoms with Crippen LogP contribution in [0.15, 0.2) is 24.5 Å². The van der Waals surface area contributed by atoms with Gasteiger partial charge in [0.1, 0.15) is 0 Å². The molecule has 0 bridgehead atoms. The molecule has 3 heteroatoms. The molecule has 16 heavy (non-hydrogen) atoms. The lowest BCUT2D eigenvalue weighted by molar-refractivity contribution is 0.0745. The van der Waals surface area contributed by atoms with E-state index in [9.17, 15) is 0 Å². The molecule has 0 N–H and O–H groups in total. The Balaban J connectivity index is 2.13. The van der Waals surface area contributed by atoms with E-state index < -0.39 is 0 Å². The standard InChI is InChI=1S/C13H21N3/c1-11(2)16-9-8-15(3)13(10-16)12-4-6-14-7-5-12/h4-7,11,13H,8-10H2,1-3H3. The van der Waals surface area contributed by atoms with Gasteiger partial charge in [0.2, 0.25) is 0 Å². The van der Waals surface area contributed by atoms with Crippen molar-refractivity contribution in [3.63, 3.8) is 0 Å². The Kier molecular flexibility index (Phi) is 3.56. The van der Waals surface area contributed by atoms with E-state index in [4.69, 9.17) is 0 Å². The molecule has 3 nitrogen and oxygen atoms in total. The van der Waals surface area contributed by atoms with Crippen molar-refractivity contribution < 1.29 is 0 Å². The van der Waals surface area contributed by atoms with Crippen molar-refractivity contribution in [2.45, 2.75) is 25.9 Å². The number of likely N-dealkylation sites (N-methyl/N-ethyl adjacent to an activating group) is 1. The van der Waals surface area contributed by atoms with Crippen LogP contribution in [0.3, 0.4) is 0 Å². The van der Waals surface area contributed by atoms with E-state index in [2.05, 4.69) is 47.8 Å². The first-order chi connectivity index (χ1) is 7.68. The molecular weight excluding hydrogens is 198 g/mol. The van der Waals surface area contributed by atoms with Gasteiger partial charge in [-0.1, -0.05) is 0 Å². The highest BCUT2D eigenvalue weighted by Crippen LogP contribution is 2.24. The number of rotatable bonds is 2. The number of nitrogens with zero attached hydrogens (tertiary/aromatic N) is 3. The highest BCUT2D eigenvalue weighted by Gasteiger charge is 2.26. The zero-order valence-corrected chi connectivity index (χ0v) is 10.4. The molecule has 0 amide bonds. The summed E-state index contributed by atoms with van der Waals surface area (Å²) in [6, 6.07) is 5.41. The highest BCUT2D eigenvalue weighted by atomic mass is 15.3. The van der Waals surface area contributed by atoms with E-state index in [0.717, 1.165) is 13.1 Å². The molecule has 2 rings (SSSR count). The van der Waals surface area contributed by atoms with Gasteiger partial charge in [0.25, 0.3) is 0 Å². The predicted molar refractivity (Wildman–Crippen MR) is 66.3 cm³/mol. The van der Waals surface area contributed by atoms with Crippen LogP contribution in [0.1, 0.15) is 25.5 Å². The number of pyridine rings is 1.